The number of alkyl carbamates (subject to hydrolysis) is 1. The lowest BCUT2D eigenvalue weighted by molar-refractivity contribution is -0.132. The number of carbonyl (C=O) groups excluding carboxylic acids is 6. The van der Waals surface area contributed by atoms with Crippen LogP contribution in [0.15, 0.2) is 78.9 Å². The molecule has 3 rings (SSSR count). The molecular formula is C39H50N6O9S. The number of rotatable bonds is 19. The van der Waals surface area contributed by atoms with Crippen molar-refractivity contribution >= 4 is 47.4 Å². The average Bonchev–Trinajstić information content (AvgIpc) is 3.13. The zero-order chi connectivity index (χ0) is 40.5. The molecule has 0 fully saturated rings. The summed E-state index contributed by atoms with van der Waals surface area (Å²) in [6.45, 7) is 5.87. The smallest absolute Gasteiger partial charge is 0.408 e. The first-order valence-corrected chi connectivity index (χ1v) is 18.7. The maximum Gasteiger partial charge on any atom is 0.408 e. The van der Waals surface area contributed by atoms with Crippen molar-refractivity contribution < 1.29 is 43.3 Å². The highest BCUT2D eigenvalue weighted by molar-refractivity contribution is 7.98. The van der Waals surface area contributed by atoms with E-state index in [-0.39, 0.29) is 24.3 Å². The summed E-state index contributed by atoms with van der Waals surface area (Å²) in [6, 6.07) is 17.9. The summed E-state index contributed by atoms with van der Waals surface area (Å²) in [6.07, 6.45) is -0.745. The summed E-state index contributed by atoms with van der Waals surface area (Å²) >= 11 is 1.40. The van der Waals surface area contributed by atoms with Gasteiger partial charge in [0.2, 0.25) is 29.5 Å². The van der Waals surface area contributed by atoms with Crippen LogP contribution in [0.3, 0.4) is 0 Å². The molecule has 16 heteroatoms. The van der Waals surface area contributed by atoms with Crippen LogP contribution in [0.1, 0.15) is 44.4 Å². The van der Waals surface area contributed by atoms with Gasteiger partial charge in [-0.25, -0.2) is 4.79 Å². The number of phenols is 1. The van der Waals surface area contributed by atoms with Crippen molar-refractivity contribution in [3.05, 3.63) is 95.6 Å². The molecule has 55 heavy (non-hydrogen) atoms. The Hall–Kier alpha value is -5.77. The number of hydrogen-bond acceptors (Lipinski definition) is 10. The molecule has 0 heterocycles. The number of phenolic OH excluding ortho intramolecular Hbond substituents is 1. The third-order valence-electron chi connectivity index (χ3n) is 7.87. The SMILES string of the molecule is COc1ccc(CSC[C@H](NC(=O)[C@H](Cc2ccccc2)NC(=O)CNC(=O)[C@@H](C)NC(=O)[C@H](Cc2ccc(O)cc2)NC(=O)OC(C)(C)C)C(N)=O)cc1. The Bertz CT molecular complexity index is 1750. The largest absolute Gasteiger partial charge is 0.508 e. The van der Waals surface area contributed by atoms with Crippen LogP contribution in [-0.2, 0) is 47.3 Å². The number of methoxy groups -OCH3 is 1. The quantitative estimate of drug-likeness (QED) is 0.0938. The molecule has 6 amide bonds. The zero-order valence-corrected chi connectivity index (χ0v) is 32.4. The van der Waals surface area contributed by atoms with E-state index in [1.54, 1.807) is 70.3 Å². The summed E-state index contributed by atoms with van der Waals surface area (Å²) in [5.74, 6) is -2.03. The molecule has 4 atom stereocenters. The molecule has 15 nitrogen and oxygen atoms in total. The molecule has 0 aromatic heterocycles. The normalized spacial score (nSPS) is 13.2. The minimum atomic E-state index is -1.15. The molecule has 0 saturated carbocycles. The molecule has 0 aliphatic carbocycles. The van der Waals surface area contributed by atoms with Gasteiger partial charge in [-0.1, -0.05) is 54.6 Å². The number of benzene rings is 3. The van der Waals surface area contributed by atoms with E-state index < -0.39 is 71.9 Å². The summed E-state index contributed by atoms with van der Waals surface area (Å²) in [4.78, 5) is 77.7. The molecule has 0 aliphatic heterocycles. The molecule has 0 unspecified atom stereocenters. The maximum atomic E-state index is 13.5. The third-order valence-corrected chi connectivity index (χ3v) is 8.97. The first kappa shape index (κ1) is 43.6. The Morgan fingerprint density at radius 3 is 1.87 bits per heavy atom. The molecule has 3 aromatic rings. The minimum Gasteiger partial charge on any atom is -0.508 e. The fourth-order valence-corrected chi connectivity index (χ4v) is 6.04. The van der Waals surface area contributed by atoms with E-state index in [9.17, 15) is 33.9 Å². The molecular weight excluding hydrogens is 729 g/mol. The van der Waals surface area contributed by atoms with Crippen molar-refractivity contribution in [2.24, 2.45) is 5.73 Å². The van der Waals surface area contributed by atoms with Gasteiger partial charge in [0.1, 0.15) is 41.3 Å². The van der Waals surface area contributed by atoms with Crippen molar-refractivity contribution in [1.82, 2.24) is 26.6 Å². The molecule has 296 valence electrons. The monoisotopic (exact) mass is 778 g/mol. The van der Waals surface area contributed by atoms with Gasteiger partial charge in [0.15, 0.2) is 0 Å². The Balaban J connectivity index is 1.60. The fourth-order valence-electron chi connectivity index (χ4n) is 5.01. The molecule has 8 N–H and O–H groups in total. The van der Waals surface area contributed by atoms with Crippen molar-refractivity contribution in [2.45, 2.75) is 76.1 Å². The van der Waals surface area contributed by atoms with E-state index in [1.807, 2.05) is 24.3 Å². The number of amides is 6. The van der Waals surface area contributed by atoms with Gasteiger partial charge in [0, 0.05) is 24.3 Å². The van der Waals surface area contributed by atoms with Crippen LogP contribution < -0.4 is 37.1 Å². The second kappa shape index (κ2) is 21.2. The first-order chi connectivity index (χ1) is 26.0. The molecule has 0 saturated heterocycles. The maximum absolute atomic E-state index is 13.5. The number of carbonyl (C=O) groups is 6. The standard InChI is InChI=1S/C39H50N6O9S/c1-24(42-36(50)31(45-38(52)54-39(2,3)4)20-26-11-15-28(46)16-12-26)35(49)41-21-33(47)43-30(19-25-9-7-6-8-10-25)37(51)44-32(34(40)48)23-55-22-27-13-17-29(53-5)18-14-27/h6-18,24,30-32,46H,19-23H2,1-5H3,(H2,40,48)(H,41,49)(H,42,50)(H,43,47)(H,44,51)(H,45,52)/t24-,30+,31+,32+/m1/s1. The van der Waals surface area contributed by atoms with Gasteiger partial charge >= 0.3 is 6.09 Å². The summed E-state index contributed by atoms with van der Waals surface area (Å²) in [7, 11) is 1.57. The molecule has 0 aliphatic rings. The van der Waals surface area contributed by atoms with Crippen LogP contribution in [0.2, 0.25) is 0 Å². The van der Waals surface area contributed by atoms with Gasteiger partial charge in [-0.3, -0.25) is 24.0 Å². The van der Waals surface area contributed by atoms with Gasteiger partial charge in [-0.05, 0) is 68.7 Å². The molecule has 0 radical (unpaired) electrons. The van der Waals surface area contributed by atoms with Crippen molar-refractivity contribution in [3.63, 3.8) is 0 Å². The number of ether oxygens (including phenoxy) is 2. The molecule has 3 aromatic carbocycles. The topological polar surface area (TPSA) is 227 Å². The lowest BCUT2D eigenvalue weighted by Gasteiger charge is -2.24. The highest BCUT2D eigenvalue weighted by Crippen LogP contribution is 2.18. The van der Waals surface area contributed by atoms with Gasteiger partial charge in [0.25, 0.3) is 0 Å². The Labute approximate surface area is 324 Å². The summed E-state index contributed by atoms with van der Waals surface area (Å²) in [5.41, 5.74) is 7.12. The highest BCUT2D eigenvalue weighted by atomic mass is 32.2. The Morgan fingerprint density at radius 2 is 1.29 bits per heavy atom. The predicted molar refractivity (Wildman–Crippen MR) is 208 cm³/mol. The van der Waals surface area contributed by atoms with Gasteiger partial charge in [0.05, 0.1) is 13.7 Å². The zero-order valence-electron chi connectivity index (χ0n) is 31.5. The van der Waals surface area contributed by atoms with Crippen molar-refractivity contribution in [3.8, 4) is 11.5 Å². The van der Waals surface area contributed by atoms with E-state index in [0.29, 0.717) is 17.1 Å². The van der Waals surface area contributed by atoms with E-state index in [0.717, 1.165) is 11.1 Å². The van der Waals surface area contributed by atoms with Crippen LogP contribution >= 0.6 is 11.8 Å². The number of thioether (sulfide) groups is 1. The number of nitrogens with two attached hydrogens (primary N) is 1. The second-order valence-corrected chi connectivity index (χ2v) is 14.7. The van der Waals surface area contributed by atoms with Gasteiger partial charge in [-0.2, -0.15) is 11.8 Å². The van der Waals surface area contributed by atoms with Crippen LogP contribution in [-0.4, -0.2) is 89.9 Å². The number of primary amides is 1. The van der Waals surface area contributed by atoms with E-state index >= 15 is 0 Å². The summed E-state index contributed by atoms with van der Waals surface area (Å²) < 4.78 is 10.5. The van der Waals surface area contributed by atoms with Gasteiger partial charge in [-0.15, -0.1) is 0 Å². The molecule has 0 bridgehead atoms. The second-order valence-electron chi connectivity index (χ2n) is 13.7. The van der Waals surface area contributed by atoms with E-state index in [1.165, 1.54) is 30.8 Å². The predicted octanol–water partition coefficient (Wildman–Crippen LogP) is 2.09. The number of hydrogen-bond donors (Lipinski definition) is 7. The summed E-state index contributed by atoms with van der Waals surface area (Å²) in [5, 5.41) is 22.4. The lowest BCUT2D eigenvalue weighted by atomic mass is 10.0. The van der Waals surface area contributed by atoms with Crippen molar-refractivity contribution in [1.29, 1.82) is 0 Å². The Morgan fingerprint density at radius 1 is 0.727 bits per heavy atom. The fraction of sp³-hybridized carbons (Fsp3) is 0.385. The van der Waals surface area contributed by atoms with Crippen LogP contribution in [0.5, 0.6) is 11.5 Å². The Kier molecular flexibility index (Phi) is 16.8. The van der Waals surface area contributed by atoms with Gasteiger partial charge < -0.3 is 46.9 Å². The molecule has 0 spiro atoms. The number of aromatic hydroxyl groups is 1. The first-order valence-electron chi connectivity index (χ1n) is 17.5. The third kappa shape index (κ3) is 16.0. The van der Waals surface area contributed by atoms with Crippen LogP contribution in [0.4, 0.5) is 4.79 Å². The van der Waals surface area contributed by atoms with Crippen LogP contribution in [0.25, 0.3) is 0 Å². The van der Waals surface area contributed by atoms with E-state index in [4.69, 9.17) is 15.2 Å². The van der Waals surface area contributed by atoms with E-state index in [2.05, 4.69) is 26.6 Å². The van der Waals surface area contributed by atoms with Crippen LogP contribution in [0, 0.1) is 0 Å². The number of nitrogens with one attached hydrogen (secondary N) is 5. The lowest BCUT2D eigenvalue weighted by Crippen LogP contribution is -2.56. The van der Waals surface area contributed by atoms with Crippen molar-refractivity contribution in [2.75, 3.05) is 19.4 Å². The minimum absolute atomic E-state index is 0.0188. The highest BCUT2D eigenvalue weighted by Gasteiger charge is 2.29. The average molecular weight is 779 g/mol.